The van der Waals surface area contributed by atoms with E-state index >= 15 is 0 Å². The van der Waals surface area contributed by atoms with Crippen LogP contribution in [-0.4, -0.2) is 29.8 Å². The molecule has 0 fully saturated rings. The van der Waals surface area contributed by atoms with Gasteiger partial charge in [-0.2, -0.15) is 0 Å². The fraction of sp³-hybridized carbons (Fsp3) is 0.250. The lowest BCUT2D eigenvalue weighted by Crippen LogP contribution is -2.12. The molecule has 0 bridgehead atoms. The van der Waals surface area contributed by atoms with Gasteiger partial charge >= 0.3 is 6.01 Å². The molecule has 0 radical (unpaired) electrons. The third-order valence-electron chi connectivity index (χ3n) is 3.85. The maximum Gasteiger partial charge on any atom is 0.322 e. The minimum atomic E-state index is -0.355. The number of methoxy groups -OCH3 is 1. The number of para-hydroxylation sites is 1. The standard InChI is InChI=1S/C20H21N3O4/c1-3-4-12-26-15-9-7-8-14(13-15)18(24)21-20-23-22-19(27-20)16-10-5-6-11-17(16)25-2/h5-11,13H,3-4,12H2,1-2H3,(H,21,23,24). The molecule has 1 amide bonds. The first-order valence-electron chi connectivity index (χ1n) is 8.72. The average molecular weight is 367 g/mol. The molecule has 0 unspecified atom stereocenters. The number of unbranched alkanes of at least 4 members (excludes halogenated alkanes) is 1. The molecule has 1 aromatic heterocycles. The van der Waals surface area contributed by atoms with Crippen molar-refractivity contribution in [1.29, 1.82) is 0 Å². The Balaban J connectivity index is 1.70. The van der Waals surface area contributed by atoms with Crippen molar-refractivity contribution in [2.75, 3.05) is 19.0 Å². The Labute approximate surface area is 157 Å². The number of nitrogens with zero attached hydrogens (tertiary/aromatic N) is 2. The fourth-order valence-corrected chi connectivity index (χ4v) is 2.43. The van der Waals surface area contributed by atoms with Crippen molar-refractivity contribution in [2.45, 2.75) is 19.8 Å². The number of benzene rings is 2. The molecule has 1 heterocycles. The Morgan fingerprint density at radius 3 is 2.81 bits per heavy atom. The number of anilines is 1. The SMILES string of the molecule is CCCCOc1cccc(C(=O)Nc2nnc(-c3ccccc3OC)o2)c1. The fourth-order valence-electron chi connectivity index (χ4n) is 2.43. The zero-order valence-corrected chi connectivity index (χ0v) is 15.3. The van der Waals surface area contributed by atoms with Gasteiger partial charge in [-0.25, -0.2) is 0 Å². The van der Waals surface area contributed by atoms with Crippen LogP contribution in [0.4, 0.5) is 6.01 Å². The summed E-state index contributed by atoms with van der Waals surface area (Å²) in [6, 6.07) is 14.3. The number of hydrogen-bond donors (Lipinski definition) is 1. The Morgan fingerprint density at radius 2 is 2.00 bits per heavy atom. The summed E-state index contributed by atoms with van der Waals surface area (Å²) in [4.78, 5) is 12.4. The number of aromatic nitrogens is 2. The summed E-state index contributed by atoms with van der Waals surface area (Å²) in [5.74, 6) is 1.16. The van der Waals surface area contributed by atoms with Crippen LogP contribution < -0.4 is 14.8 Å². The Kier molecular flexibility index (Phi) is 6.04. The smallest absolute Gasteiger partial charge is 0.322 e. The van der Waals surface area contributed by atoms with E-state index in [0.29, 0.717) is 29.2 Å². The van der Waals surface area contributed by atoms with Crippen molar-refractivity contribution < 1.29 is 18.7 Å². The van der Waals surface area contributed by atoms with E-state index in [2.05, 4.69) is 22.4 Å². The van der Waals surface area contributed by atoms with Gasteiger partial charge in [-0.05, 0) is 36.8 Å². The summed E-state index contributed by atoms with van der Waals surface area (Å²) in [6.45, 7) is 2.71. The molecule has 7 nitrogen and oxygen atoms in total. The maximum absolute atomic E-state index is 12.4. The summed E-state index contributed by atoms with van der Waals surface area (Å²) < 4.78 is 16.5. The molecule has 1 N–H and O–H groups in total. The Morgan fingerprint density at radius 1 is 1.15 bits per heavy atom. The van der Waals surface area contributed by atoms with Gasteiger partial charge in [-0.3, -0.25) is 10.1 Å². The van der Waals surface area contributed by atoms with Crippen molar-refractivity contribution in [1.82, 2.24) is 10.2 Å². The molecule has 140 valence electrons. The summed E-state index contributed by atoms with van der Waals surface area (Å²) in [6.07, 6.45) is 2.01. The molecule has 0 aliphatic rings. The van der Waals surface area contributed by atoms with Crippen LogP contribution in [0.5, 0.6) is 11.5 Å². The second-order valence-corrected chi connectivity index (χ2v) is 5.80. The van der Waals surface area contributed by atoms with Crippen molar-refractivity contribution in [2.24, 2.45) is 0 Å². The molecular weight excluding hydrogens is 346 g/mol. The first-order chi connectivity index (χ1) is 13.2. The van der Waals surface area contributed by atoms with Crippen LogP contribution in [-0.2, 0) is 0 Å². The van der Waals surface area contributed by atoms with Crippen LogP contribution in [0, 0.1) is 0 Å². The zero-order chi connectivity index (χ0) is 19.1. The monoisotopic (exact) mass is 367 g/mol. The molecule has 0 atom stereocenters. The van der Waals surface area contributed by atoms with Crippen molar-refractivity contribution >= 4 is 11.9 Å². The lowest BCUT2D eigenvalue weighted by Gasteiger charge is -2.07. The first kappa shape index (κ1) is 18.4. The molecule has 3 aromatic rings. The molecule has 27 heavy (non-hydrogen) atoms. The van der Waals surface area contributed by atoms with Crippen molar-refractivity contribution in [3.63, 3.8) is 0 Å². The summed E-state index contributed by atoms with van der Waals surface area (Å²) in [7, 11) is 1.56. The predicted octanol–water partition coefficient (Wildman–Crippen LogP) is 4.18. The minimum absolute atomic E-state index is 0.0122. The highest BCUT2D eigenvalue weighted by Gasteiger charge is 2.15. The van der Waals surface area contributed by atoms with E-state index in [0.717, 1.165) is 12.8 Å². The van der Waals surface area contributed by atoms with Gasteiger partial charge in [0.2, 0.25) is 0 Å². The number of nitrogens with one attached hydrogen (secondary N) is 1. The highest BCUT2D eigenvalue weighted by Crippen LogP contribution is 2.29. The van der Waals surface area contributed by atoms with Gasteiger partial charge < -0.3 is 13.9 Å². The number of rotatable bonds is 8. The molecule has 0 aliphatic heterocycles. The predicted molar refractivity (Wildman–Crippen MR) is 101 cm³/mol. The van der Waals surface area contributed by atoms with Crippen LogP contribution in [0.1, 0.15) is 30.1 Å². The van der Waals surface area contributed by atoms with E-state index in [1.54, 1.807) is 37.4 Å². The molecule has 2 aromatic carbocycles. The van der Waals surface area contributed by atoms with E-state index < -0.39 is 0 Å². The maximum atomic E-state index is 12.4. The number of ether oxygens (including phenoxy) is 2. The molecule has 7 heteroatoms. The lowest BCUT2D eigenvalue weighted by atomic mass is 10.2. The number of carbonyl (C=O) groups is 1. The summed E-state index contributed by atoms with van der Waals surface area (Å²) in [5.41, 5.74) is 1.10. The molecular formula is C20H21N3O4. The molecule has 0 saturated heterocycles. The summed E-state index contributed by atoms with van der Waals surface area (Å²) >= 11 is 0. The van der Waals surface area contributed by atoms with Gasteiger partial charge in [-0.1, -0.05) is 36.6 Å². The van der Waals surface area contributed by atoms with Gasteiger partial charge in [0.1, 0.15) is 11.5 Å². The van der Waals surface area contributed by atoms with Crippen molar-refractivity contribution in [3.8, 4) is 23.0 Å². The Hall–Kier alpha value is -3.35. The molecule has 3 rings (SSSR count). The number of hydrogen-bond acceptors (Lipinski definition) is 6. The van der Waals surface area contributed by atoms with Gasteiger partial charge in [0.15, 0.2) is 0 Å². The van der Waals surface area contributed by atoms with Gasteiger partial charge in [-0.15, -0.1) is 5.10 Å². The van der Waals surface area contributed by atoms with Gasteiger partial charge in [0, 0.05) is 5.56 Å². The Bertz CT molecular complexity index is 908. The van der Waals surface area contributed by atoms with Crippen LogP contribution in [0.2, 0.25) is 0 Å². The average Bonchev–Trinajstić information content (AvgIpc) is 3.16. The number of amides is 1. The second-order valence-electron chi connectivity index (χ2n) is 5.80. The minimum Gasteiger partial charge on any atom is -0.496 e. The second kappa shape index (κ2) is 8.84. The largest absolute Gasteiger partial charge is 0.496 e. The highest BCUT2D eigenvalue weighted by atomic mass is 16.5. The van der Waals surface area contributed by atoms with E-state index in [1.165, 1.54) is 0 Å². The van der Waals surface area contributed by atoms with Crippen LogP contribution in [0.25, 0.3) is 11.5 Å². The van der Waals surface area contributed by atoms with Gasteiger partial charge in [0.05, 0.1) is 19.3 Å². The third kappa shape index (κ3) is 4.63. The van der Waals surface area contributed by atoms with Crippen LogP contribution in [0.3, 0.4) is 0 Å². The van der Waals surface area contributed by atoms with Gasteiger partial charge in [0.25, 0.3) is 11.8 Å². The summed E-state index contributed by atoms with van der Waals surface area (Å²) in [5, 5.41) is 10.5. The normalized spacial score (nSPS) is 10.4. The lowest BCUT2D eigenvalue weighted by molar-refractivity contribution is 0.102. The quantitative estimate of drug-likeness (QED) is 0.601. The molecule has 0 aliphatic carbocycles. The highest BCUT2D eigenvalue weighted by molar-refractivity contribution is 6.03. The first-order valence-corrected chi connectivity index (χ1v) is 8.72. The molecule has 0 saturated carbocycles. The van der Waals surface area contributed by atoms with E-state index in [1.807, 2.05) is 18.2 Å². The third-order valence-corrected chi connectivity index (χ3v) is 3.85. The number of carbonyl (C=O) groups excluding carboxylic acids is 1. The van der Waals surface area contributed by atoms with Crippen LogP contribution >= 0.6 is 0 Å². The van der Waals surface area contributed by atoms with E-state index in [4.69, 9.17) is 13.9 Å². The van der Waals surface area contributed by atoms with E-state index in [-0.39, 0.29) is 17.8 Å². The van der Waals surface area contributed by atoms with Crippen LogP contribution in [0.15, 0.2) is 52.9 Å². The topological polar surface area (TPSA) is 86.5 Å². The zero-order valence-electron chi connectivity index (χ0n) is 15.3. The van der Waals surface area contributed by atoms with E-state index in [9.17, 15) is 4.79 Å². The molecule has 0 spiro atoms. The van der Waals surface area contributed by atoms with Crippen molar-refractivity contribution in [3.05, 3.63) is 54.1 Å².